The molecule has 1 aliphatic carbocycles. The van der Waals surface area contributed by atoms with Crippen LogP contribution in [-0.2, 0) is 10.0 Å². The van der Waals surface area contributed by atoms with Gasteiger partial charge in [-0.3, -0.25) is 0 Å². The minimum atomic E-state index is -4.06. The number of nitrogens with two attached hydrogens (primary N) is 1. The highest BCUT2D eigenvalue weighted by molar-refractivity contribution is 7.89. The molecule has 1 aliphatic rings. The van der Waals surface area contributed by atoms with Gasteiger partial charge in [-0.15, -0.1) is 0 Å². The molecule has 0 spiro atoms. The van der Waals surface area contributed by atoms with E-state index in [0.717, 1.165) is 41.5 Å². The SMILES string of the molecule is Cc1ccc(C2=C(c3ccc(S(N)(=O)=O)c(F)c3)CCC2)cc1Cl. The van der Waals surface area contributed by atoms with Crippen LogP contribution in [0.25, 0.3) is 11.1 Å². The van der Waals surface area contributed by atoms with Crippen LogP contribution in [0.2, 0.25) is 5.02 Å². The standard InChI is InChI=1S/C18H17ClFNO2S/c1-11-5-6-12(9-16(11)19)14-3-2-4-15(14)13-7-8-18(17(20)10-13)24(21,22)23/h5-10H,2-4H2,1H3,(H2,21,22,23). The molecule has 0 unspecified atom stereocenters. The minimum Gasteiger partial charge on any atom is -0.225 e. The van der Waals surface area contributed by atoms with Crippen molar-refractivity contribution in [2.24, 2.45) is 5.14 Å². The van der Waals surface area contributed by atoms with Crippen molar-refractivity contribution < 1.29 is 12.8 Å². The molecule has 2 aromatic rings. The summed E-state index contributed by atoms with van der Waals surface area (Å²) in [6, 6.07) is 9.98. The first kappa shape index (κ1) is 17.1. The normalized spacial score (nSPS) is 15.2. The van der Waals surface area contributed by atoms with E-state index in [1.807, 2.05) is 25.1 Å². The van der Waals surface area contributed by atoms with E-state index in [1.54, 1.807) is 6.07 Å². The Morgan fingerprint density at radius 1 is 1.04 bits per heavy atom. The van der Waals surface area contributed by atoms with Gasteiger partial charge in [-0.25, -0.2) is 17.9 Å². The lowest BCUT2D eigenvalue weighted by Gasteiger charge is -2.11. The summed E-state index contributed by atoms with van der Waals surface area (Å²) in [5.74, 6) is -0.823. The van der Waals surface area contributed by atoms with Crippen LogP contribution in [0.1, 0.15) is 36.0 Å². The third kappa shape index (κ3) is 3.24. The van der Waals surface area contributed by atoms with Gasteiger partial charge < -0.3 is 0 Å². The highest BCUT2D eigenvalue weighted by Crippen LogP contribution is 2.41. The van der Waals surface area contributed by atoms with Crippen LogP contribution in [0.3, 0.4) is 0 Å². The van der Waals surface area contributed by atoms with Gasteiger partial charge in [-0.2, -0.15) is 0 Å². The average Bonchev–Trinajstić information content (AvgIpc) is 2.98. The van der Waals surface area contributed by atoms with E-state index in [0.29, 0.717) is 10.6 Å². The van der Waals surface area contributed by atoms with Crippen LogP contribution < -0.4 is 5.14 Å². The van der Waals surface area contributed by atoms with Crippen molar-refractivity contribution in [2.75, 3.05) is 0 Å². The molecular weight excluding hydrogens is 349 g/mol. The number of halogens is 2. The lowest BCUT2D eigenvalue weighted by Crippen LogP contribution is -2.14. The second-order valence-corrected chi connectivity index (χ2v) is 7.90. The van der Waals surface area contributed by atoms with Crippen LogP contribution >= 0.6 is 11.6 Å². The molecule has 0 aromatic heterocycles. The van der Waals surface area contributed by atoms with E-state index in [2.05, 4.69) is 0 Å². The predicted molar refractivity (Wildman–Crippen MR) is 94.6 cm³/mol. The summed E-state index contributed by atoms with van der Waals surface area (Å²) >= 11 is 6.22. The number of hydrogen-bond donors (Lipinski definition) is 1. The molecule has 0 aliphatic heterocycles. The Morgan fingerprint density at radius 2 is 1.62 bits per heavy atom. The maximum absolute atomic E-state index is 14.1. The van der Waals surface area contributed by atoms with Crippen molar-refractivity contribution in [2.45, 2.75) is 31.1 Å². The third-order valence-corrected chi connectivity index (χ3v) is 5.68. The molecule has 6 heteroatoms. The van der Waals surface area contributed by atoms with Crippen LogP contribution in [0.4, 0.5) is 4.39 Å². The summed E-state index contributed by atoms with van der Waals surface area (Å²) in [6.45, 7) is 1.94. The van der Waals surface area contributed by atoms with Crippen molar-refractivity contribution in [1.29, 1.82) is 0 Å². The second kappa shape index (κ2) is 6.31. The summed E-state index contributed by atoms with van der Waals surface area (Å²) < 4.78 is 36.8. The molecule has 3 nitrogen and oxygen atoms in total. The first-order valence-electron chi connectivity index (χ1n) is 7.58. The molecule has 0 fully saturated rings. The van der Waals surface area contributed by atoms with Gasteiger partial charge >= 0.3 is 0 Å². The van der Waals surface area contributed by atoms with E-state index in [1.165, 1.54) is 12.1 Å². The first-order valence-corrected chi connectivity index (χ1v) is 9.51. The molecule has 0 radical (unpaired) electrons. The zero-order chi connectivity index (χ0) is 17.5. The van der Waals surface area contributed by atoms with E-state index in [9.17, 15) is 12.8 Å². The van der Waals surface area contributed by atoms with Gasteiger partial charge in [0.25, 0.3) is 0 Å². The van der Waals surface area contributed by atoms with Gasteiger partial charge in [0.05, 0.1) is 0 Å². The Bertz CT molecular complexity index is 951. The number of primary sulfonamides is 1. The average molecular weight is 366 g/mol. The highest BCUT2D eigenvalue weighted by Gasteiger charge is 2.21. The predicted octanol–water partition coefficient (Wildman–Crippen LogP) is 4.53. The van der Waals surface area contributed by atoms with Gasteiger partial charge in [-0.1, -0.05) is 29.8 Å². The number of benzene rings is 2. The largest absolute Gasteiger partial charge is 0.240 e. The molecule has 2 N–H and O–H groups in total. The fourth-order valence-corrected chi connectivity index (χ4v) is 3.85. The summed E-state index contributed by atoms with van der Waals surface area (Å²) in [5, 5.41) is 5.71. The zero-order valence-corrected chi connectivity index (χ0v) is 14.7. The molecule has 24 heavy (non-hydrogen) atoms. The van der Waals surface area contributed by atoms with Crippen LogP contribution in [-0.4, -0.2) is 8.42 Å². The van der Waals surface area contributed by atoms with Crippen molar-refractivity contribution in [3.05, 3.63) is 63.9 Å². The molecule has 0 heterocycles. The minimum absolute atomic E-state index is 0.482. The fourth-order valence-electron chi connectivity index (χ4n) is 3.08. The number of rotatable bonds is 3. The molecule has 2 aromatic carbocycles. The molecule has 0 saturated carbocycles. The van der Waals surface area contributed by atoms with Crippen LogP contribution in [0.15, 0.2) is 41.3 Å². The number of sulfonamides is 1. The Balaban J connectivity index is 2.09. The van der Waals surface area contributed by atoms with Crippen molar-refractivity contribution in [1.82, 2.24) is 0 Å². The number of allylic oxidation sites excluding steroid dienone is 2. The lowest BCUT2D eigenvalue weighted by atomic mass is 9.96. The summed E-state index contributed by atoms with van der Waals surface area (Å²) in [4.78, 5) is -0.482. The van der Waals surface area contributed by atoms with E-state index in [-0.39, 0.29) is 0 Å². The van der Waals surface area contributed by atoms with E-state index < -0.39 is 20.7 Å². The summed E-state index contributed by atoms with van der Waals surface area (Å²) in [5.41, 5.74) is 4.86. The maximum Gasteiger partial charge on any atom is 0.240 e. The van der Waals surface area contributed by atoms with E-state index in [4.69, 9.17) is 16.7 Å². The number of aryl methyl sites for hydroxylation is 1. The van der Waals surface area contributed by atoms with Crippen molar-refractivity contribution in [3.8, 4) is 0 Å². The van der Waals surface area contributed by atoms with Crippen molar-refractivity contribution in [3.63, 3.8) is 0 Å². The van der Waals surface area contributed by atoms with Gasteiger partial charge in [-0.05, 0) is 72.2 Å². The van der Waals surface area contributed by atoms with Crippen LogP contribution in [0, 0.1) is 12.7 Å². The molecular formula is C18H17ClFNO2S. The molecule has 0 atom stereocenters. The molecule has 126 valence electrons. The maximum atomic E-state index is 14.1. The Labute approximate surface area is 146 Å². The Hall–Kier alpha value is -1.69. The third-order valence-electron chi connectivity index (χ3n) is 4.32. The molecule has 0 bridgehead atoms. The van der Waals surface area contributed by atoms with Crippen LogP contribution in [0.5, 0.6) is 0 Å². The molecule has 0 amide bonds. The summed E-state index contributed by atoms with van der Waals surface area (Å²) in [6.07, 6.45) is 2.66. The smallest absolute Gasteiger partial charge is 0.225 e. The van der Waals surface area contributed by atoms with E-state index >= 15 is 0 Å². The van der Waals surface area contributed by atoms with Crippen molar-refractivity contribution >= 4 is 32.8 Å². The first-order chi connectivity index (χ1) is 11.3. The molecule has 0 saturated heterocycles. The van der Waals surface area contributed by atoms with Gasteiger partial charge in [0, 0.05) is 5.02 Å². The Kier molecular flexibility index (Phi) is 4.51. The lowest BCUT2D eigenvalue weighted by molar-refractivity contribution is 0.568. The second-order valence-electron chi connectivity index (χ2n) is 5.96. The van der Waals surface area contributed by atoms with Gasteiger partial charge in [0.1, 0.15) is 10.7 Å². The molecule has 3 rings (SSSR count). The zero-order valence-electron chi connectivity index (χ0n) is 13.1. The topological polar surface area (TPSA) is 60.2 Å². The monoisotopic (exact) mass is 365 g/mol. The van der Waals surface area contributed by atoms with Gasteiger partial charge in [0.2, 0.25) is 10.0 Å². The Morgan fingerprint density at radius 3 is 2.17 bits per heavy atom. The fraction of sp³-hybridized carbons (Fsp3) is 0.222. The number of hydrogen-bond acceptors (Lipinski definition) is 2. The quantitative estimate of drug-likeness (QED) is 0.868. The highest BCUT2D eigenvalue weighted by atomic mass is 35.5. The van der Waals surface area contributed by atoms with Gasteiger partial charge in [0.15, 0.2) is 0 Å². The summed E-state index contributed by atoms with van der Waals surface area (Å²) in [7, 11) is -4.06.